The number of fused-ring (bicyclic) bond motifs is 1. The quantitative estimate of drug-likeness (QED) is 0.681. The molecule has 0 aromatic rings. The van der Waals surface area contributed by atoms with Gasteiger partial charge in [-0.2, -0.15) is 0 Å². The molecule has 0 fully saturated rings. The number of hydrogen-bond donors (Lipinski definition) is 2. The molecule has 0 aromatic carbocycles. The van der Waals surface area contributed by atoms with E-state index in [0.29, 0.717) is 5.84 Å². The van der Waals surface area contributed by atoms with Crippen LogP contribution >= 0.6 is 22.6 Å². The van der Waals surface area contributed by atoms with E-state index in [9.17, 15) is 9.90 Å². The highest BCUT2D eigenvalue weighted by molar-refractivity contribution is 14.1. The molecule has 0 saturated carbocycles. The molecule has 0 unspecified atom stereocenters. The highest BCUT2D eigenvalue weighted by Crippen LogP contribution is 2.20. The Morgan fingerprint density at radius 3 is 2.87 bits per heavy atom. The standard InChI is InChI=1S/C8H6IN3O3/c9-4-1-2-5-10-11-6(8(14)15)7(13)12(5)3-4/h1-3,7,13H,(H,14,15)/t7-/m1/s1. The Morgan fingerprint density at radius 2 is 2.20 bits per heavy atom. The average Bonchev–Trinajstić information content (AvgIpc) is 2.19. The minimum atomic E-state index is -1.29. The third-order valence-corrected chi connectivity index (χ3v) is 2.54. The number of aliphatic carboxylic acids is 1. The van der Waals surface area contributed by atoms with E-state index < -0.39 is 12.2 Å². The van der Waals surface area contributed by atoms with Crippen LogP contribution in [0, 0.1) is 0 Å². The molecule has 7 heteroatoms. The van der Waals surface area contributed by atoms with Crippen LogP contribution in [0.2, 0.25) is 0 Å². The Labute approximate surface area is 98.4 Å². The van der Waals surface area contributed by atoms with E-state index in [1.54, 1.807) is 18.4 Å². The lowest BCUT2D eigenvalue weighted by Gasteiger charge is -2.29. The first-order valence-electron chi connectivity index (χ1n) is 4.00. The van der Waals surface area contributed by atoms with Crippen molar-refractivity contribution in [2.45, 2.75) is 6.23 Å². The van der Waals surface area contributed by atoms with Crippen molar-refractivity contribution >= 4 is 40.1 Å². The van der Waals surface area contributed by atoms with Gasteiger partial charge in [0.15, 0.2) is 17.8 Å². The van der Waals surface area contributed by atoms with Gasteiger partial charge in [0.05, 0.1) is 0 Å². The fraction of sp³-hybridized carbons (Fsp3) is 0.125. The van der Waals surface area contributed by atoms with E-state index in [-0.39, 0.29) is 5.71 Å². The van der Waals surface area contributed by atoms with Gasteiger partial charge in [-0.3, -0.25) is 4.90 Å². The molecule has 0 amide bonds. The Morgan fingerprint density at radius 1 is 1.47 bits per heavy atom. The number of rotatable bonds is 1. The Bertz CT molecular complexity index is 438. The number of hydrogen-bond acceptors (Lipinski definition) is 5. The number of carboxylic acids is 1. The van der Waals surface area contributed by atoms with E-state index >= 15 is 0 Å². The molecule has 2 rings (SSSR count). The summed E-state index contributed by atoms with van der Waals surface area (Å²) in [6.45, 7) is 0. The molecule has 2 heterocycles. The van der Waals surface area contributed by atoms with Crippen molar-refractivity contribution in [3.8, 4) is 0 Å². The van der Waals surface area contributed by atoms with Crippen molar-refractivity contribution in [3.63, 3.8) is 0 Å². The van der Waals surface area contributed by atoms with Gasteiger partial charge in [-0.1, -0.05) is 0 Å². The van der Waals surface area contributed by atoms with Gasteiger partial charge in [0.25, 0.3) is 0 Å². The molecule has 2 N–H and O–H groups in total. The number of aliphatic hydroxyl groups is 1. The molecular weight excluding hydrogens is 313 g/mol. The zero-order valence-corrected chi connectivity index (χ0v) is 9.49. The SMILES string of the molecule is O=C(O)C1=NN=C2C=CC(I)=CN2[C@@H]1O. The topological polar surface area (TPSA) is 85.5 Å². The maximum absolute atomic E-state index is 10.7. The molecule has 15 heavy (non-hydrogen) atoms. The summed E-state index contributed by atoms with van der Waals surface area (Å²) in [5.41, 5.74) is -0.380. The molecule has 0 aromatic heterocycles. The molecule has 78 valence electrons. The van der Waals surface area contributed by atoms with Crippen molar-refractivity contribution < 1.29 is 15.0 Å². The lowest BCUT2D eigenvalue weighted by molar-refractivity contribution is -0.130. The van der Waals surface area contributed by atoms with Crippen molar-refractivity contribution in [2.24, 2.45) is 10.2 Å². The van der Waals surface area contributed by atoms with Gasteiger partial charge in [-0.25, -0.2) is 4.79 Å². The van der Waals surface area contributed by atoms with Crippen molar-refractivity contribution in [3.05, 3.63) is 21.9 Å². The van der Waals surface area contributed by atoms with Gasteiger partial charge in [-0.05, 0) is 34.7 Å². The lowest BCUT2D eigenvalue weighted by atomic mass is 10.2. The van der Waals surface area contributed by atoms with Crippen molar-refractivity contribution in [2.75, 3.05) is 0 Å². The fourth-order valence-corrected chi connectivity index (χ4v) is 1.68. The lowest BCUT2D eigenvalue weighted by Crippen LogP contribution is -2.46. The van der Waals surface area contributed by atoms with Crippen LogP contribution in [0.3, 0.4) is 0 Å². The molecule has 0 radical (unpaired) electrons. The fourth-order valence-electron chi connectivity index (χ4n) is 1.20. The van der Waals surface area contributed by atoms with Crippen LogP contribution in [0.25, 0.3) is 0 Å². The van der Waals surface area contributed by atoms with Gasteiger partial charge in [0.1, 0.15) is 0 Å². The zero-order chi connectivity index (χ0) is 11.0. The van der Waals surface area contributed by atoms with Crippen LogP contribution < -0.4 is 0 Å². The third kappa shape index (κ3) is 1.79. The van der Waals surface area contributed by atoms with Crippen LogP contribution in [-0.4, -0.2) is 38.9 Å². The average molecular weight is 319 g/mol. The van der Waals surface area contributed by atoms with Crippen molar-refractivity contribution in [1.29, 1.82) is 0 Å². The molecule has 0 spiro atoms. The van der Waals surface area contributed by atoms with E-state index in [4.69, 9.17) is 5.11 Å². The van der Waals surface area contributed by atoms with E-state index in [0.717, 1.165) is 3.58 Å². The van der Waals surface area contributed by atoms with Crippen LogP contribution in [0.1, 0.15) is 0 Å². The van der Waals surface area contributed by atoms with Crippen LogP contribution in [0.5, 0.6) is 0 Å². The van der Waals surface area contributed by atoms with Crippen LogP contribution in [0.15, 0.2) is 32.1 Å². The molecule has 0 aliphatic carbocycles. The van der Waals surface area contributed by atoms with E-state index in [1.165, 1.54) is 4.90 Å². The van der Waals surface area contributed by atoms with Crippen molar-refractivity contribution in [1.82, 2.24) is 4.90 Å². The summed E-state index contributed by atoms with van der Waals surface area (Å²) < 4.78 is 0.872. The Balaban J connectivity index is 2.40. The molecule has 2 aliphatic heterocycles. The number of carbonyl (C=O) groups is 1. The Kier molecular flexibility index (Phi) is 2.57. The monoisotopic (exact) mass is 319 g/mol. The minimum absolute atomic E-state index is 0.380. The normalized spacial score (nSPS) is 24.0. The maximum atomic E-state index is 10.7. The van der Waals surface area contributed by atoms with Gasteiger partial charge in [0, 0.05) is 9.78 Å². The molecule has 0 saturated heterocycles. The first-order valence-corrected chi connectivity index (χ1v) is 5.08. The third-order valence-electron chi connectivity index (χ3n) is 1.91. The van der Waals surface area contributed by atoms with Gasteiger partial charge < -0.3 is 10.2 Å². The summed E-state index contributed by atoms with van der Waals surface area (Å²) in [7, 11) is 0. The number of halogens is 1. The van der Waals surface area contributed by atoms with E-state index in [1.807, 2.05) is 0 Å². The molecule has 6 nitrogen and oxygen atoms in total. The summed E-state index contributed by atoms with van der Waals surface area (Å²) in [5.74, 6) is -0.851. The number of carboxylic acid groups (broad SMARTS) is 1. The molecule has 0 bridgehead atoms. The summed E-state index contributed by atoms with van der Waals surface area (Å²) in [5, 5.41) is 25.6. The number of nitrogens with zero attached hydrogens (tertiary/aromatic N) is 3. The predicted molar refractivity (Wildman–Crippen MR) is 61.6 cm³/mol. The second-order valence-corrected chi connectivity index (χ2v) is 4.12. The highest BCUT2D eigenvalue weighted by atomic mass is 127. The highest BCUT2D eigenvalue weighted by Gasteiger charge is 2.31. The van der Waals surface area contributed by atoms with E-state index in [2.05, 4.69) is 32.8 Å². The summed E-state index contributed by atoms with van der Waals surface area (Å²) >= 11 is 2.06. The molecular formula is C8H6IN3O3. The predicted octanol–water partition coefficient (Wildman–Crippen LogP) is 0.306. The first kappa shape index (κ1) is 10.3. The molecule has 2 aliphatic rings. The minimum Gasteiger partial charge on any atom is -0.477 e. The van der Waals surface area contributed by atoms with Crippen LogP contribution in [0.4, 0.5) is 0 Å². The van der Waals surface area contributed by atoms with Gasteiger partial charge in [0.2, 0.25) is 0 Å². The largest absolute Gasteiger partial charge is 0.477 e. The number of aliphatic hydroxyl groups excluding tert-OH is 1. The smallest absolute Gasteiger partial charge is 0.356 e. The maximum Gasteiger partial charge on any atom is 0.356 e. The molecule has 1 atom stereocenters. The Hall–Kier alpha value is -1.22. The van der Waals surface area contributed by atoms with Crippen LogP contribution in [-0.2, 0) is 4.79 Å². The van der Waals surface area contributed by atoms with Gasteiger partial charge in [-0.15, -0.1) is 10.2 Å². The first-order chi connectivity index (χ1) is 7.09. The zero-order valence-electron chi connectivity index (χ0n) is 7.33. The second kappa shape index (κ2) is 3.74. The number of allylic oxidation sites excluding steroid dienone is 2. The summed E-state index contributed by atoms with van der Waals surface area (Å²) in [4.78, 5) is 12.1. The second-order valence-electron chi connectivity index (χ2n) is 2.88. The summed E-state index contributed by atoms with van der Waals surface area (Å²) in [6.07, 6.45) is 3.78. The summed E-state index contributed by atoms with van der Waals surface area (Å²) in [6, 6.07) is 0. The van der Waals surface area contributed by atoms with Gasteiger partial charge >= 0.3 is 5.97 Å². The number of amidine groups is 1.